The number of aromatic hydroxyl groups is 1. The Morgan fingerprint density at radius 2 is 1.71 bits per heavy atom. The molecule has 0 amide bonds. The van der Waals surface area contributed by atoms with Crippen LogP contribution in [0.1, 0.15) is 35.3 Å². The Labute approximate surface area is 125 Å². The van der Waals surface area contributed by atoms with E-state index in [-0.39, 0.29) is 11.3 Å². The minimum Gasteiger partial charge on any atom is -0.507 e. The van der Waals surface area contributed by atoms with E-state index in [1.807, 2.05) is 45.0 Å². The highest BCUT2D eigenvalue weighted by atomic mass is 16.4. The maximum atomic E-state index is 10.9. The van der Waals surface area contributed by atoms with Gasteiger partial charge in [0.05, 0.1) is 0 Å². The monoisotopic (exact) mass is 287 g/mol. The number of phenols is 1. The molecule has 0 fully saturated rings. The second-order valence-corrected chi connectivity index (χ2v) is 4.38. The van der Waals surface area contributed by atoms with Crippen molar-refractivity contribution in [3.8, 4) is 5.75 Å². The van der Waals surface area contributed by atoms with Crippen molar-refractivity contribution in [1.82, 2.24) is 0 Å². The van der Waals surface area contributed by atoms with Crippen molar-refractivity contribution in [3.05, 3.63) is 59.2 Å². The third-order valence-electron chi connectivity index (χ3n) is 2.84. The SMILES string of the molecule is CC.Cc1ccc(NCc2ccc(O)c(C(=O)O)c2)cc1. The number of nitrogens with one attached hydrogen (secondary N) is 1. The van der Waals surface area contributed by atoms with E-state index in [1.54, 1.807) is 6.07 Å². The zero-order valence-electron chi connectivity index (χ0n) is 12.6. The summed E-state index contributed by atoms with van der Waals surface area (Å²) in [5, 5.41) is 21.5. The molecule has 0 spiro atoms. The molecule has 0 atom stereocenters. The summed E-state index contributed by atoms with van der Waals surface area (Å²) in [7, 11) is 0. The summed E-state index contributed by atoms with van der Waals surface area (Å²) >= 11 is 0. The van der Waals surface area contributed by atoms with E-state index in [0.717, 1.165) is 11.3 Å². The van der Waals surface area contributed by atoms with Crippen LogP contribution in [-0.4, -0.2) is 16.2 Å². The van der Waals surface area contributed by atoms with Crippen molar-refractivity contribution in [2.45, 2.75) is 27.3 Å². The van der Waals surface area contributed by atoms with Crippen molar-refractivity contribution in [3.63, 3.8) is 0 Å². The first-order valence-corrected chi connectivity index (χ1v) is 6.92. The highest BCUT2D eigenvalue weighted by Crippen LogP contribution is 2.19. The fourth-order valence-corrected chi connectivity index (χ4v) is 1.74. The van der Waals surface area contributed by atoms with Crippen LogP contribution < -0.4 is 5.32 Å². The second-order valence-electron chi connectivity index (χ2n) is 4.38. The number of hydrogen-bond donors (Lipinski definition) is 3. The van der Waals surface area contributed by atoms with Crippen LogP contribution in [0.2, 0.25) is 0 Å². The number of rotatable bonds is 4. The van der Waals surface area contributed by atoms with Crippen LogP contribution in [0, 0.1) is 6.92 Å². The van der Waals surface area contributed by atoms with Gasteiger partial charge in [-0.2, -0.15) is 0 Å². The molecule has 0 saturated carbocycles. The van der Waals surface area contributed by atoms with E-state index in [0.29, 0.717) is 6.54 Å². The highest BCUT2D eigenvalue weighted by Gasteiger charge is 2.09. The Balaban J connectivity index is 0.00000106. The van der Waals surface area contributed by atoms with Gasteiger partial charge in [0.15, 0.2) is 0 Å². The van der Waals surface area contributed by atoms with Gasteiger partial charge in [-0.15, -0.1) is 0 Å². The van der Waals surface area contributed by atoms with E-state index < -0.39 is 5.97 Å². The number of aromatic carboxylic acids is 1. The molecular weight excluding hydrogens is 266 g/mol. The van der Waals surface area contributed by atoms with Crippen LogP contribution >= 0.6 is 0 Å². The first kappa shape index (κ1) is 16.6. The fourth-order valence-electron chi connectivity index (χ4n) is 1.74. The lowest BCUT2D eigenvalue weighted by Crippen LogP contribution is -2.02. The molecule has 112 valence electrons. The standard InChI is InChI=1S/C15H15NO3.C2H6/c1-10-2-5-12(6-3-10)16-9-11-4-7-14(17)13(8-11)15(18)19;1-2/h2-8,16-17H,9H2,1H3,(H,18,19);1-2H3. The molecule has 2 rings (SSSR count). The molecule has 3 N–H and O–H groups in total. The van der Waals surface area contributed by atoms with Gasteiger partial charge < -0.3 is 15.5 Å². The minimum absolute atomic E-state index is 0.0804. The summed E-state index contributed by atoms with van der Waals surface area (Å²) in [4.78, 5) is 10.9. The number of carboxylic acids is 1. The van der Waals surface area contributed by atoms with E-state index >= 15 is 0 Å². The van der Waals surface area contributed by atoms with Crippen LogP contribution in [0.4, 0.5) is 5.69 Å². The minimum atomic E-state index is -1.13. The van der Waals surface area contributed by atoms with E-state index in [9.17, 15) is 9.90 Å². The van der Waals surface area contributed by atoms with Crippen molar-refractivity contribution < 1.29 is 15.0 Å². The molecule has 0 saturated heterocycles. The molecule has 0 aliphatic rings. The molecular formula is C17H21NO3. The molecule has 0 aliphatic carbocycles. The Hall–Kier alpha value is -2.49. The van der Waals surface area contributed by atoms with Crippen LogP contribution in [0.5, 0.6) is 5.75 Å². The van der Waals surface area contributed by atoms with Gasteiger partial charge in [0.25, 0.3) is 0 Å². The van der Waals surface area contributed by atoms with E-state index in [2.05, 4.69) is 5.32 Å². The van der Waals surface area contributed by atoms with Gasteiger partial charge in [-0.3, -0.25) is 0 Å². The smallest absolute Gasteiger partial charge is 0.339 e. The summed E-state index contributed by atoms with van der Waals surface area (Å²) in [5.74, 6) is -1.35. The van der Waals surface area contributed by atoms with Crippen LogP contribution in [0.15, 0.2) is 42.5 Å². The molecule has 21 heavy (non-hydrogen) atoms. The van der Waals surface area contributed by atoms with E-state index in [1.165, 1.54) is 17.7 Å². The van der Waals surface area contributed by atoms with Crippen molar-refractivity contribution in [2.75, 3.05) is 5.32 Å². The van der Waals surface area contributed by atoms with Gasteiger partial charge in [0.2, 0.25) is 0 Å². The predicted octanol–water partition coefficient (Wildman–Crippen LogP) is 4.04. The normalized spacial score (nSPS) is 9.48. The molecule has 2 aromatic carbocycles. The van der Waals surface area contributed by atoms with Crippen LogP contribution in [0.25, 0.3) is 0 Å². The molecule has 4 heteroatoms. The van der Waals surface area contributed by atoms with Crippen molar-refractivity contribution >= 4 is 11.7 Å². The Morgan fingerprint density at radius 1 is 1.10 bits per heavy atom. The lowest BCUT2D eigenvalue weighted by molar-refractivity contribution is 0.0693. The average Bonchev–Trinajstić information content (AvgIpc) is 2.50. The lowest BCUT2D eigenvalue weighted by Gasteiger charge is -2.08. The Kier molecular flexibility index (Phi) is 6.27. The zero-order chi connectivity index (χ0) is 15.8. The van der Waals surface area contributed by atoms with Crippen molar-refractivity contribution in [1.29, 1.82) is 0 Å². The molecule has 2 aromatic rings. The van der Waals surface area contributed by atoms with Gasteiger partial charge in [0, 0.05) is 12.2 Å². The maximum Gasteiger partial charge on any atom is 0.339 e. The summed E-state index contributed by atoms with van der Waals surface area (Å²) in [6.45, 7) is 6.52. The number of anilines is 1. The highest BCUT2D eigenvalue weighted by molar-refractivity contribution is 5.90. The predicted molar refractivity (Wildman–Crippen MR) is 84.9 cm³/mol. The quantitative estimate of drug-likeness (QED) is 0.794. The number of aryl methyl sites for hydroxylation is 1. The van der Waals surface area contributed by atoms with E-state index in [4.69, 9.17) is 5.11 Å². The fraction of sp³-hybridized carbons (Fsp3) is 0.235. The molecule has 0 bridgehead atoms. The topological polar surface area (TPSA) is 69.6 Å². The van der Waals surface area contributed by atoms with Gasteiger partial charge in [-0.25, -0.2) is 4.79 Å². The summed E-state index contributed by atoms with van der Waals surface area (Å²) in [6, 6.07) is 12.5. The van der Waals surface area contributed by atoms with Gasteiger partial charge >= 0.3 is 5.97 Å². The third kappa shape index (κ3) is 4.84. The van der Waals surface area contributed by atoms with Crippen LogP contribution in [-0.2, 0) is 6.54 Å². The first-order valence-electron chi connectivity index (χ1n) is 6.92. The molecule has 0 radical (unpaired) electrons. The number of benzene rings is 2. The zero-order valence-corrected chi connectivity index (χ0v) is 12.6. The average molecular weight is 287 g/mol. The molecule has 0 aliphatic heterocycles. The number of carboxylic acid groups (broad SMARTS) is 1. The lowest BCUT2D eigenvalue weighted by atomic mass is 10.1. The van der Waals surface area contributed by atoms with Crippen molar-refractivity contribution in [2.24, 2.45) is 0 Å². The maximum absolute atomic E-state index is 10.9. The molecule has 0 unspecified atom stereocenters. The van der Waals surface area contributed by atoms with Gasteiger partial charge in [-0.1, -0.05) is 37.6 Å². The number of carbonyl (C=O) groups is 1. The Morgan fingerprint density at radius 3 is 2.29 bits per heavy atom. The van der Waals surface area contributed by atoms with Gasteiger partial charge in [0.1, 0.15) is 11.3 Å². The number of hydrogen-bond acceptors (Lipinski definition) is 3. The summed E-state index contributed by atoms with van der Waals surface area (Å²) in [5.41, 5.74) is 2.87. The first-order chi connectivity index (χ1) is 10.1. The molecule has 4 nitrogen and oxygen atoms in total. The summed E-state index contributed by atoms with van der Waals surface area (Å²) in [6.07, 6.45) is 0. The largest absolute Gasteiger partial charge is 0.507 e. The Bertz CT molecular complexity index is 591. The molecule has 0 aromatic heterocycles. The van der Waals surface area contributed by atoms with Crippen LogP contribution in [0.3, 0.4) is 0 Å². The second kappa shape index (κ2) is 7.94. The molecule has 0 heterocycles. The summed E-state index contributed by atoms with van der Waals surface area (Å²) < 4.78 is 0. The third-order valence-corrected chi connectivity index (χ3v) is 2.84. The van der Waals surface area contributed by atoms with Gasteiger partial charge in [-0.05, 0) is 36.8 Å².